The summed E-state index contributed by atoms with van der Waals surface area (Å²) in [5.74, 6) is 0.780. The minimum Gasteiger partial charge on any atom is -0.457 e. The van der Waals surface area contributed by atoms with Crippen molar-refractivity contribution in [3.8, 4) is 11.5 Å². The molecule has 0 spiro atoms. The molecule has 0 aliphatic carbocycles. The Morgan fingerprint density at radius 1 is 0.769 bits per heavy atom. The monoisotopic (exact) mass is 519 g/mol. The number of hydrogen-bond acceptors (Lipinski definition) is 4. The van der Waals surface area contributed by atoms with E-state index in [1.807, 2.05) is 84.9 Å². The van der Waals surface area contributed by atoms with Crippen LogP contribution < -0.4 is 15.0 Å². The molecule has 0 radical (unpaired) electrons. The third kappa shape index (κ3) is 5.67. The second-order valence-electron chi connectivity index (χ2n) is 9.89. The zero-order valence-corrected chi connectivity index (χ0v) is 21.8. The molecule has 39 heavy (non-hydrogen) atoms. The number of anilines is 2. The summed E-state index contributed by atoms with van der Waals surface area (Å²) >= 11 is 0. The zero-order chi connectivity index (χ0) is 27.4. The minimum absolute atomic E-state index is 0.107. The number of nitrogens with one attached hydrogen (secondary N) is 1. The number of ether oxygens (including phenoxy) is 1. The predicted octanol–water partition coefficient (Wildman–Crippen LogP) is 6.41. The number of carbonyl (C=O) groups excluding carboxylic acids is 3. The normalized spacial score (nSPS) is 14.4. The van der Waals surface area contributed by atoms with Crippen LogP contribution in [0, 0.1) is 0 Å². The highest BCUT2D eigenvalue weighted by molar-refractivity contribution is 6.23. The lowest BCUT2D eigenvalue weighted by Gasteiger charge is -2.27. The molecule has 0 saturated carbocycles. The maximum Gasteiger partial charge on any atom is 0.332 e. The lowest BCUT2D eigenvalue weighted by atomic mass is 10.0. The van der Waals surface area contributed by atoms with Crippen molar-refractivity contribution in [1.82, 2.24) is 4.90 Å². The van der Waals surface area contributed by atoms with Crippen molar-refractivity contribution in [3.63, 3.8) is 0 Å². The summed E-state index contributed by atoms with van der Waals surface area (Å²) in [4.78, 5) is 42.1. The first-order chi connectivity index (χ1) is 18.8. The van der Waals surface area contributed by atoms with Gasteiger partial charge in [0.2, 0.25) is 5.91 Å². The number of benzene rings is 4. The average Bonchev–Trinajstić information content (AvgIpc) is 3.10. The van der Waals surface area contributed by atoms with Crippen LogP contribution in [0.2, 0.25) is 0 Å². The number of para-hydroxylation sites is 2. The molecular weight excluding hydrogens is 490 g/mol. The standard InChI is InChI=1S/C32H29N3O4/c1-32(2)30(37)35(26-12-9-15-28(21-26)39-27-13-7-4-8-14-27)31(38)34(32)22-24-18-16-23(17-19-24)20-29(36)33-25-10-5-3-6-11-25/h3-19,21H,20,22H2,1-2H3,(H,33,36). The van der Waals surface area contributed by atoms with E-state index in [1.54, 1.807) is 43.0 Å². The molecule has 4 aromatic carbocycles. The van der Waals surface area contributed by atoms with E-state index in [9.17, 15) is 14.4 Å². The Bertz CT molecular complexity index is 1490. The van der Waals surface area contributed by atoms with Crippen LogP contribution >= 0.6 is 0 Å². The van der Waals surface area contributed by atoms with Gasteiger partial charge >= 0.3 is 6.03 Å². The van der Waals surface area contributed by atoms with Gasteiger partial charge < -0.3 is 15.0 Å². The highest BCUT2D eigenvalue weighted by atomic mass is 16.5. The Kier molecular flexibility index (Phi) is 7.14. The second-order valence-corrected chi connectivity index (χ2v) is 9.89. The van der Waals surface area contributed by atoms with Gasteiger partial charge in [0.1, 0.15) is 17.0 Å². The van der Waals surface area contributed by atoms with Crippen molar-refractivity contribution in [2.45, 2.75) is 32.4 Å². The molecule has 4 aromatic rings. The summed E-state index contributed by atoms with van der Waals surface area (Å²) in [6.07, 6.45) is 0.233. The van der Waals surface area contributed by atoms with E-state index in [1.165, 1.54) is 4.90 Å². The Morgan fingerprint density at radius 2 is 1.38 bits per heavy atom. The number of imide groups is 1. The molecule has 4 amide bonds. The van der Waals surface area contributed by atoms with Crippen LogP contribution in [0.25, 0.3) is 0 Å². The van der Waals surface area contributed by atoms with Crippen LogP contribution in [0.1, 0.15) is 25.0 Å². The van der Waals surface area contributed by atoms with E-state index in [4.69, 9.17) is 4.74 Å². The van der Waals surface area contributed by atoms with Crippen molar-refractivity contribution >= 4 is 29.2 Å². The molecular formula is C32H29N3O4. The van der Waals surface area contributed by atoms with Gasteiger partial charge in [0.25, 0.3) is 5.91 Å². The minimum atomic E-state index is -1.04. The molecule has 0 bridgehead atoms. The molecule has 1 aliphatic heterocycles. The van der Waals surface area contributed by atoms with Gasteiger partial charge in [-0.15, -0.1) is 0 Å². The topological polar surface area (TPSA) is 79.0 Å². The van der Waals surface area contributed by atoms with Gasteiger partial charge in [-0.3, -0.25) is 9.59 Å². The van der Waals surface area contributed by atoms with Gasteiger partial charge in [0.15, 0.2) is 0 Å². The fraction of sp³-hybridized carbons (Fsp3) is 0.156. The number of amides is 4. The molecule has 7 heteroatoms. The number of carbonyl (C=O) groups is 3. The van der Waals surface area contributed by atoms with Gasteiger partial charge in [-0.2, -0.15) is 0 Å². The first-order valence-electron chi connectivity index (χ1n) is 12.7. The zero-order valence-electron chi connectivity index (χ0n) is 21.8. The smallest absolute Gasteiger partial charge is 0.332 e. The third-order valence-corrected chi connectivity index (χ3v) is 6.66. The quantitative estimate of drug-likeness (QED) is 0.273. The van der Waals surface area contributed by atoms with Gasteiger partial charge in [-0.1, -0.05) is 66.7 Å². The fourth-order valence-corrected chi connectivity index (χ4v) is 4.50. The average molecular weight is 520 g/mol. The Labute approximate surface area is 227 Å². The summed E-state index contributed by atoms with van der Waals surface area (Å²) in [6.45, 7) is 3.75. The highest BCUT2D eigenvalue weighted by Gasteiger charge is 2.51. The van der Waals surface area contributed by atoms with E-state index >= 15 is 0 Å². The van der Waals surface area contributed by atoms with Gasteiger partial charge in [-0.05, 0) is 61.4 Å². The van der Waals surface area contributed by atoms with E-state index < -0.39 is 11.6 Å². The number of nitrogens with zero attached hydrogens (tertiary/aromatic N) is 2. The van der Waals surface area contributed by atoms with Crippen LogP contribution in [-0.4, -0.2) is 28.3 Å². The van der Waals surface area contributed by atoms with E-state index in [0.717, 1.165) is 16.8 Å². The lowest BCUT2D eigenvalue weighted by molar-refractivity contribution is -0.123. The van der Waals surface area contributed by atoms with Crippen molar-refractivity contribution in [3.05, 3.63) is 120 Å². The SMILES string of the molecule is CC1(C)C(=O)N(c2cccc(Oc3ccccc3)c2)C(=O)N1Cc1ccc(CC(=O)Nc2ccccc2)cc1. The van der Waals surface area contributed by atoms with E-state index in [0.29, 0.717) is 17.2 Å². The Hall–Kier alpha value is -4.91. The van der Waals surface area contributed by atoms with Crippen molar-refractivity contribution in [1.29, 1.82) is 0 Å². The highest BCUT2D eigenvalue weighted by Crippen LogP contribution is 2.35. The Morgan fingerprint density at radius 3 is 2.08 bits per heavy atom. The van der Waals surface area contributed by atoms with E-state index in [2.05, 4.69) is 5.32 Å². The fourth-order valence-electron chi connectivity index (χ4n) is 4.50. The van der Waals surface area contributed by atoms with Crippen LogP contribution in [0.3, 0.4) is 0 Å². The number of rotatable bonds is 8. The molecule has 0 unspecified atom stereocenters. The largest absolute Gasteiger partial charge is 0.457 e. The first kappa shape index (κ1) is 25.7. The molecule has 1 saturated heterocycles. The van der Waals surface area contributed by atoms with E-state index in [-0.39, 0.29) is 24.8 Å². The molecule has 5 rings (SSSR count). The van der Waals surface area contributed by atoms with Crippen LogP contribution in [-0.2, 0) is 22.6 Å². The Balaban J connectivity index is 1.27. The van der Waals surface area contributed by atoms with Crippen LogP contribution in [0.5, 0.6) is 11.5 Å². The number of hydrogen-bond donors (Lipinski definition) is 1. The molecule has 1 aliphatic rings. The summed E-state index contributed by atoms with van der Waals surface area (Å²) < 4.78 is 5.90. The predicted molar refractivity (Wildman–Crippen MR) is 151 cm³/mol. The van der Waals surface area contributed by atoms with Crippen molar-refractivity contribution in [2.75, 3.05) is 10.2 Å². The van der Waals surface area contributed by atoms with Crippen molar-refractivity contribution < 1.29 is 19.1 Å². The lowest BCUT2D eigenvalue weighted by Crippen LogP contribution is -2.43. The maximum atomic E-state index is 13.5. The van der Waals surface area contributed by atoms with Crippen molar-refractivity contribution in [2.24, 2.45) is 0 Å². The third-order valence-electron chi connectivity index (χ3n) is 6.66. The number of urea groups is 1. The summed E-state index contributed by atoms with van der Waals surface area (Å²) in [5.41, 5.74) is 1.88. The molecule has 0 atom stereocenters. The van der Waals surface area contributed by atoms with Gasteiger partial charge in [0, 0.05) is 18.3 Å². The maximum absolute atomic E-state index is 13.5. The second kappa shape index (κ2) is 10.8. The summed E-state index contributed by atoms with van der Waals surface area (Å²) in [7, 11) is 0. The van der Waals surface area contributed by atoms with Gasteiger partial charge in [0.05, 0.1) is 12.1 Å². The van der Waals surface area contributed by atoms with Gasteiger partial charge in [-0.25, -0.2) is 9.69 Å². The summed E-state index contributed by atoms with van der Waals surface area (Å²) in [5, 5.41) is 2.88. The molecule has 7 nitrogen and oxygen atoms in total. The summed E-state index contributed by atoms with van der Waals surface area (Å²) in [6, 6.07) is 32.7. The molecule has 0 aromatic heterocycles. The molecule has 196 valence electrons. The molecule has 1 fully saturated rings. The van der Waals surface area contributed by atoms with Crippen LogP contribution in [0.4, 0.5) is 16.2 Å². The molecule has 1 heterocycles. The van der Waals surface area contributed by atoms with Crippen LogP contribution in [0.15, 0.2) is 109 Å². The first-order valence-corrected chi connectivity index (χ1v) is 12.7. The molecule has 1 N–H and O–H groups in total.